The van der Waals surface area contributed by atoms with Crippen molar-refractivity contribution in [1.82, 2.24) is 10.6 Å². The summed E-state index contributed by atoms with van der Waals surface area (Å²) in [5, 5.41) is 14.2. The first-order valence-electron chi connectivity index (χ1n) is 6.50. The van der Waals surface area contributed by atoms with Crippen LogP contribution in [0.15, 0.2) is 28.7 Å². The molecular weight excluding hydrogens is 324 g/mol. The van der Waals surface area contributed by atoms with Crippen LogP contribution >= 0.6 is 15.9 Å². The molecule has 0 heterocycles. The predicted molar refractivity (Wildman–Crippen MR) is 80.4 cm³/mol. The summed E-state index contributed by atoms with van der Waals surface area (Å²) in [5.41, 5.74) is 0.503. The molecule has 1 rings (SSSR count). The van der Waals surface area contributed by atoms with Crippen LogP contribution in [0.5, 0.6) is 0 Å². The van der Waals surface area contributed by atoms with Gasteiger partial charge in [0, 0.05) is 22.7 Å². The summed E-state index contributed by atoms with van der Waals surface area (Å²) in [6.07, 6.45) is 1.26. The molecule has 2 amide bonds. The summed E-state index contributed by atoms with van der Waals surface area (Å²) in [7, 11) is 0. The largest absolute Gasteiger partial charge is 0.396 e. The van der Waals surface area contributed by atoms with Gasteiger partial charge in [0.15, 0.2) is 0 Å². The van der Waals surface area contributed by atoms with Gasteiger partial charge >= 0.3 is 0 Å². The number of aliphatic hydroxyl groups is 1. The van der Waals surface area contributed by atoms with E-state index in [9.17, 15) is 9.59 Å². The van der Waals surface area contributed by atoms with Crippen LogP contribution in [0.25, 0.3) is 0 Å². The van der Waals surface area contributed by atoms with Crippen LogP contribution in [0.2, 0.25) is 0 Å². The molecule has 1 atom stereocenters. The number of rotatable bonds is 7. The summed E-state index contributed by atoms with van der Waals surface area (Å²) in [6, 6.07) is 6.83. The molecule has 0 saturated carbocycles. The van der Waals surface area contributed by atoms with Gasteiger partial charge in [0.2, 0.25) is 5.91 Å². The average molecular weight is 343 g/mol. The number of hydrogen-bond donors (Lipinski definition) is 3. The maximum atomic E-state index is 11.8. The van der Waals surface area contributed by atoms with Crippen molar-refractivity contribution < 1.29 is 14.7 Å². The molecule has 0 aromatic heterocycles. The number of benzene rings is 1. The van der Waals surface area contributed by atoms with Crippen LogP contribution in [-0.4, -0.2) is 36.1 Å². The third-order valence-electron chi connectivity index (χ3n) is 2.85. The first-order chi connectivity index (χ1) is 9.56. The quantitative estimate of drug-likeness (QED) is 0.701. The minimum absolute atomic E-state index is 0.0318. The number of amides is 2. The summed E-state index contributed by atoms with van der Waals surface area (Å²) in [6.45, 7) is 1.89. The molecule has 0 aliphatic carbocycles. The second kappa shape index (κ2) is 8.71. The SMILES string of the molecule is CCC(CCO)NC(=O)CNC(=O)c1ccc(Br)cc1. The lowest BCUT2D eigenvalue weighted by Crippen LogP contribution is -2.42. The van der Waals surface area contributed by atoms with Crippen molar-refractivity contribution in [3.63, 3.8) is 0 Å². The topological polar surface area (TPSA) is 78.4 Å². The summed E-state index contributed by atoms with van der Waals surface area (Å²) >= 11 is 3.29. The fourth-order valence-corrected chi connectivity index (χ4v) is 1.94. The van der Waals surface area contributed by atoms with E-state index >= 15 is 0 Å². The van der Waals surface area contributed by atoms with E-state index in [1.165, 1.54) is 0 Å². The standard InChI is InChI=1S/C14H19BrN2O3/c1-2-12(7-8-18)17-13(19)9-16-14(20)10-3-5-11(15)6-4-10/h3-6,12,18H,2,7-9H2,1H3,(H,16,20)(H,17,19). The molecule has 5 nitrogen and oxygen atoms in total. The van der Waals surface area contributed by atoms with Gasteiger partial charge in [0.25, 0.3) is 5.91 Å². The molecule has 1 aromatic rings. The minimum atomic E-state index is -0.289. The Morgan fingerprint density at radius 2 is 1.95 bits per heavy atom. The number of halogens is 1. The van der Waals surface area contributed by atoms with Crippen LogP contribution in [0, 0.1) is 0 Å². The van der Waals surface area contributed by atoms with Crippen molar-refractivity contribution >= 4 is 27.7 Å². The second-order valence-electron chi connectivity index (χ2n) is 4.37. The van der Waals surface area contributed by atoms with Gasteiger partial charge in [-0.05, 0) is 37.1 Å². The summed E-state index contributed by atoms with van der Waals surface area (Å²) in [4.78, 5) is 23.5. The molecule has 0 radical (unpaired) electrons. The number of hydrogen-bond acceptors (Lipinski definition) is 3. The van der Waals surface area contributed by atoms with E-state index in [0.717, 1.165) is 10.9 Å². The van der Waals surface area contributed by atoms with Crippen LogP contribution < -0.4 is 10.6 Å². The maximum Gasteiger partial charge on any atom is 0.251 e. The van der Waals surface area contributed by atoms with Gasteiger partial charge in [-0.3, -0.25) is 9.59 Å². The first kappa shape index (κ1) is 16.7. The molecule has 6 heteroatoms. The third kappa shape index (κ3) is 5.71. The van der Waals surface area contributed by atoms with Crippen LogP contribution in [0.4, 0.5) is 0 Å². The summed E-state index contributed by atoms with van der Waals surface area (Å²) < 4.78 is 0.890. The molecule has 20 heavy (non-hydrogen) atoms. The molecule has 0 fully saturated rings. The number of carbonyl (C=O) groups is 2. The number of aliphatic hydroxyl groups excluding tert-OH is 1. The molecule has 0 bridgehead atoms. The third-order valence-corrected chi connectivity index (χ3v) is 3.38. The van der Waals surface area contributed by atoms with Crippen LogP contribution in [0.3, 0.4) is 0 Å². The van der Waals surface area contributed by atoms with E-state index in [-0.39, 0.29) is 31.0 Å². The monoisotopic (exact) mass is 342 g/mol. The highest BCUT2D eigenvalue weighted by Crippen LogP contribution is 2.10. The van der Waals surface area contributed by atoms with Crippen molar-refractivity contribution in [2.24, 2.45) is 0 Å². The van der Waals surface area contributed by atoms with Gasteiger partial charge in [-0.1, -0.05) is 22.9 Å². The summed E-state index contributed by atoms with van der Waals surface area (Å²) in [5.74, 6) is -0.543. The zero-order valence-electron chi connectivity index (χ0n) is 11.4. The van der Waals surface area contributed by atoms with E-state index in [1.54, 1.807) is 24.3 Å². The van der Waals surface area contributed by atoms with Crippen molar-refractivity contribution in [3.8, 4) is 0 Å². The molecule has 0 saturated heterocycles. The van der Waals surface area contributed by atoms with Crippen molar-refractivity contribution in [3.05, 3.63) is 34.3 Å². The lowest BCUT2D eigenvalue weighted by Gasteiger charge is -2.15. The van der Waals surface area contributed by atoms with Crippen molar-refractivity contribution in [2.45, 2.75) is 25.8 Å². The molecule has 1 aromatic carbocycles. The van der Waals surface area contributed by atoms with Gasteiger partial charge < -0.3 is 15.7 Å². The zero-order chi connectivity index (χ0) is 15.0. The molecule has 1 unspecified atom stereocenters. The van der Waals surface area contributed by atoms with Crippen molar-refractivity contribution in [1.29, 1.82) is 0 Å². The van der Waals surface area contributed by atoms with E-state index in [0.29, 0.717) is 12.0 Å². The average Bonchev–Trinajstić information content (AvgIpc) is 2.45. The van der Waals surface area contributed by atoms with Crippen LogP contribution in [0.1, 0.15) is 30.1 Å². The second-order valence-corrected chi connectivity index (χ2v) is 5.29. The fraction of sp³-hybridized carbons (Fsp3) is 0.429. The Kier molecular flexibility index (Phi) is 7.25. The van der Waals surface area contributed by atoms with Crippen LogP contribution in [-0.2, 0) is 4.79 Å². The maximum absolute atomic E-state index is 11.8. The minimum Gasteiger partial charge on any atom is -0.396 e. The highest BCUT2D eigenvalue weighted by atomic mass is 79.9. The van der Waals surface area contributed by atoms with E-state index < -0.39 is 0 Å². The molecule has 3 N–H and O–H groups in total. The van der Waals surface area contributed by atoms with Crippen molar-refractivity contribution in [2.75, 3.05) is 13.2 Å². The Labute approximate surface area is 126 Å². The zero-order valence-corrected chi connectivity index (χ0v) is 12.9. The Morgan fingerprint density at radius 1 is 1.30 bits per heavy atom. The lowest BCUT2D eigenvalue weighted by atomic mass is 10.1. The van der Waals surface area contributed by atoms with E-state index in [4.69, 9.17) is 5.11 Å². The van der Waals surface area contributed by atoms with E-state index in [2.05, 4.69) is 26.6 Å². The normalized spacial score (nSPS) is 11.8. The molecular formula is C14H19BrN2O3. The van der Waals surface area contributed by atoms with Gasteiger partial charge in [-0.25, -0.2) is 0 Å². The highest BCUT2D eigenvalue weighted by Gasteiger charge is 2.11. The lowest BCUT2D eigenvalue weighted by molar-refractivity contribution is -0.120. The highest BCUT2D eigenvalue weighted by molar-refractivity contribution is 9.10. The van der Waals surface area contributed by atoms with Gasteiger partial charge in [0.1, 0.15) is 0 Å². The Morgan fingerprint density at radius 3 is 2.50 bits per heavy atom. The Bertz CT molecular complexity index is 448. The smallest absolute Gasteiger partial charge is 0.251 e. The van der Waals surface area contributed by atoms with Gasteiger partial charge in [-0.2, -0.15) is 0 Å². The Hall–Kier alpha value is -1.40. The molecule has 110 valence electrons. The molecule has 0 spiro atoms. The van der Waals surface area contributed by atoms with E-state index in [1.807, 2.05) is 6.92 Å². The predicted octanol–water partition coefficient (Wildman–Crippen LogP) is 1.46. The van der Waals surface area contributed by atoms with Gasteiger partial charge in [-0.15, -0.1) is 0 Å². The Balaban J connectivity index is 2.40. The first-order valence-corrected chi connectivity index (χ1v) is 7.30. The molecule has 0 aliphatic rings. The fourth-order valence-electron chi connectivity index (χ4n) is 1.68. The number of carbonyl (C=O) groups excluding carboxylic acids is 2. The number of nitrogens with one attached hydrogen (secondary N) is 2. The van der Waals surface area contributed by atoms with Gasteiger partial charge in [0.05, 0.1) is 6.54 Å². The molecule has 0 aliphatic heterocycles.